The van der Waals surface area contributed by atoms with Gasteiger partial charge in [-0.3, -0.25) is 0 Å². The summed E-state index contributed by atoms with van der Waals surface area (Å²) >= 11 is 3.20. The minimum atomic E-state index is -1.02. The Morgan fingerprint density at radius 2 is 2.00 bits per heavy atom. The number of hydrogen-bond donors (Lipinski definition) is 1. The fourth-order valence-corrected chi connectivity index (χ4v) is 3.45. The summed E-state index contributed by atoms with van der Waals surface area (Å²) in [5.74, 6) is -1.58. The van der Waals surface area contributed by atoms with Crippen LogP contribution in [0, 0.1) is 17.1 Å². The molecule has 0 radical (unpaired) electrons. The van der Waals surface area contributed by atoms with Crippen molar-refractivity contribution in [1.29, 1.82) is 5.26 Å². The Hall–Kier alpha value is -3.11. The molecule has 0 bridgehead atoms. The molecule has 0 spiro atoms. The van der Waals surface area contributed by atoms with Gasteiger partial charge in [0.05, 0.1) is 16.9 Å². The second-order valence-electron chi connectivity index (χ2n) is 5.72. The monoisotopic (exact) mass is 412 g/mol. The molecule has 1 aromatic heterocycles. The normalized spacial score (nSPS) is 16.1. The molecule has 0 fully saturated rings. The molecule has 0 saturated heterocycles. The lowest BCUT2D eigenvalue weighted by atomic mass is 9.83. The van der Waals surface area contributed by atoms with E-state index in [-0.39, 0.29) is 28.3 Å². The summed E-state index contributed by atoms with van der Waals surface area (Å²) in [7, 11) is 0. The maximum atomic E-state index is 14.6. The first-order valence-corrected chi connectivity index (χ1v) is 8.39. The highest BCUT2D eigenvalue weighted by atomic mass is 79.9. The van der Waals surface area contributed by atoms with Gasteiger partial charge in [0, 0.05) is 10.0 Å². The maximum absolute atomic E-state index is 14.6. The van der Waals surface area contributed by atoms with Crippen LogP contribution in [0.15, 0.2) is 67.6 Å². The van der Waals surface area contributed by atoms with Crippen molar-refractivity contribution in [3.05, 3.63) is 85.8 Å². The Balaban J connectivity index is 2.10. The van der Waals surface area contributed by atoms with E-state index in [0.29, 0.717) is 15.4 Å². The fourth-order valence-electron chi connectivity index (χ4n) is 3.11. The van der Waals surface area contributed by atoms with Crippen LogP contribution < -0.4 is 16.1 Å². The number of nitriles is 1. The number of nitrogens with two attached hydrogens (primary N) is 1. The van der Waals surface area contributed by atoms with Gasteiger partial charge in [-0.2, -0.15) is 5.26 Å². The number of allylic oxidation sites excluding steroid dienone is 1. The Labute approximate surface area is 155 Å². The molecular weight excluding hydrogens is 403 g/mol. The van der Waals surface area contributed by atoms with Crippen LogP contribution in [0.2, 0.25) is 0 Å². The van der Waals surface area contributed by atoms with Crippen molar-refractivity contribution >= 4 is 26.9 Å². The van der Waals surface area contributed by atoms with Gasteiger partial charge in [-0.15, -0.1) is 0 Å². The summed E-state index contributed by atoms with van der Waals surface area (Å²) in [6.07, 6.45) is 0. The standard InChI is InChI=1S/C19H10BrFN2O3/c20-9-5-6-10(13(21)7-9)15-12(8-22)18(23)26-17-11-3-1-2-4-14(11)25-19(24)16(15)17/h1-7,15H,23H2/t15-/m1/s1. The summed E-state index contributed by atoms with van der Waals surface area (Å²) < 4.78 is 26.1. The summed E-state index contributed by atoms with van der Waals surface area (Å²) in [6.45, 7) is 0. The molecule has 7 heteroatoms. The van der Waals surface area contributed by atoms with Crippen molar-refractivity contribution in [3.8, 4) is 11.8 Å². The molecule has 3 aromatic rings. The van der Waals surface area contributed by atoms with Gasteiger partial charge in [-0.1, -0.05) is 34.1 Å². The lowest BCUT2D eigenvalue weighted by molar-refractivity contribution is 0.387. The number of rotatable bonds is 1. The van der Waals surface area contributed by atoms with Gasteiger partial charge in [-0.25, -0.2) is 9.18 Å². The third kappa shape index (κ3) is 2.38. The van der Waals surface area contributed by atoms with E-state index in [0.717, 1.165) is 0 Å². The quantitative estimate of drug-likeness (QED) is 0.611. The van der Waals surface area contributed by atoms with E-state index < -0.39 is 17.4 Å². The number of nitrogens with zero attached hydrogens (tertiary/aromatic N) is 1. The number of fused-ring (bicyclic) bond motifs is 3. The molecule has 2 N–H and O–H groups in total. The minimum absolute atomic E-state index is 0.0405. The lowest BCUT2D eigenvalue weighted by Crippen LogP contribution is -2.26. The van der Waals surface area contributed by atoms with Gasteiger partial charge >= 0.3 is 5.63 Å². The van der Waals surface area contributed by atoms with Crippen LogP contribution >= 0.6 is 15.9 Å². The Bertz CT molecular complexity index is 1190. The molecule has 26 heavy (non-hydrogen) atoms. The van der Waals surface area contributed by atoms with E-state index in [2.05, 4.69) is 15.9 Å². The van der Waals surface area contributed by atoms with E-state index >= 15 is 0 Å². The summed E-state index contributed by atoms with van der Waals surface area (Å²) in [5.41, 5.74) is 5.69. The van der Waals surface area contributed by atoms with Crippen LogP contribution in [-0.4, -0.2) is 0 Å². The first-order valence-electron chi connectivity index (χ1n) is 7.59. The zero-order valence-corrected chi connectivity index (χ0v) is 14.7. The van der Waals surface area contributed by atoms with Gasteiger partial charge in [0.1, 0.15) is 23.0 Å². The number of para-hydroxylation sites is 1. The Morgan fingerprint density at radius 3 is 2.73 bits per heavy atom. The van der Waals surface area contributed by atoms with Gasteiger partial charge in [-0.05, 0) is 24.3 Å². The van der Waals surface area contributed by atoms with Crippen LogP contribution in [0.1, 0.15) is 17.0 Å². The molecule has 0 aliphatic carbocycles. The zero-order valence-electron chi connectivity index (χ0n) is 13.1. The average molecular weight is 413 g/mol. The van der Waals surface area contributed by atoms with E-state index in [1.54, 1.807) is 30.3 Å². The Morgan fingerprint density at radius 1 is 1.23 bits per heavy atom. The molecule has 4 rings (SSSR count). The number of benzene rings is 2. The summed E-state index contributed by atoms with van der Waals surface area (Å²) in [6, 6.07) is 13.1. The molecule has 1 aliphatic rings. The predicted molar refractivity (Wildman–Crippen MR) is 95.9 cm³/mol. The summed E-state index contributed by atoms with van der Waals surface area (Å²) in [5, 5.41) is 10.1. The zero-order chi connectivity index (χ0) is 18.4. The molecule has 5 nitrogen and oxygen atoms in total. The van der Waals surface area contributed by atoms with Gasteiger partial charge in [0.15, 0.2) is 5.75 Å². The van der Waals surface area contributed by atoms with Crippen molar-refractivity contribution in [2.24, 2.45) is 5.73 Å². The van der Waals surface area contributed by atoms with Crippen molar-refractivity contribution in [1.82, 2.24) is 0 Å². The SMILES string of the molecule is N#CC1=C(N)Oc2c(c(=O)oc3ccccc23)[C@@H]1c1ccc(Br)cc1F. The molecule has 128 valence electrons. The molecule has 2 heterocycles. The van der Waals surface area contributed by atoms with Crippen LogP contribution in [0.5, 0.6) is 5.75 Å². The van der Waals surface area contributed by atoms with E-state index in [9.17, 15) is 14.4 Å². The van der Waals surface area contributed by atoms with E-state index in [1.807, 2.05) is 6.07 Å². The van der Waals surface area contributed by atoms with Crippen LogP contribution in [-0.2, 0) is 0 Å². The molecule has 0 saturated carbocycles. The molecule has 1 atom stereocenters. The smallest absolute Gasteiger partial charge is 0.344 e. The first kappa shape index (κ1) is 16.4. The number of halogens is 2. The van der Waals surface area contributed by atoms with Crippen LogP contribution in [0.25, 0.3) is 11.0 Å². The van der Waals surface area contributed by atoms with Gasteiger partial charge in [0.2, 0.25) is 5.88 Å². The third-order valence-corrected chi connectivity index (χ3v) is 4.74. The van der Waals surface area contributed by atoms with E-state index in [4.69, 9.17) is 14.9 Å². The first-order chi connectivity index (χ1) is 12.5. The third-order valence-electron chi connectivity index (χ3n) is 4.25. The highest BCUT2D eigenvalue weighted by Gasteiger charge is 2.36. The number of ether oxygens (including phenoxy) is 1. The van der Waals surface area contributed by atoms with Crippen LogP contribution in [0.4, 0.5) is 4.39 Å². The highest BCUT2D eigenvalue weighted by Crippen LogP contribution is 2.44. The van der Waals surface area contributed by atoms with Gasteiger partial charge < -0.3 is 14.9 Å². The molecule has 0 unspecified atom stereocenters. The largest absolute Gasteiger partial charge is 0.439 e. The van der Waals surface area contributed by atoms with Crippen LogP contribution in [0.3, 0.4) is 0 Å². The van der Waals surface area contributed by atoms with E-state index in [1.165, 1.54) is 12.1 Å². The fraction of sp³-hybridized carbons (Fsp3) is 0.0526. The topological polar surface area (TPSA) is 89.3 Å². The van der Waals surface area contributed by atoms with Gasteiger partial charge in [0.25, 0.3) is 0 Å². The second kappa shape index (κ2) is 6.00. The van der Waals surface area contributed by atoms with Crippen molar-refractivity contribution < 1.29 is 13.5 Å². The van der Waals surface area contributed by atoms with Crippen molar-refractivity contribution in [3.63, 3.8) is 0 Å². The Kier molecular flexibility index (Phi) is 3.78. The summed E-state index contributed by atoms with van der Waals surface area (Å²) in [4.78, 5) is 12.7. The molecule has 1 aliphatic heterocycles. The van der Waals surface area contributed by atoms with Crippen molar-refractivity contribution in [2.45, 2.75) is 5.92 Å². The second-order valence-corrected chi connectivity index (χ2v) is 6.63. The molecule has 2 aromatic carbocycles. The maximum Gasteiger partial charge on any atom is 0.344 e. The average Bonchev–Trinajstić information content (AvgIpc) is 2.61. The lowest BCUT2D eigenvalue weighted by Gasteiger charge is -2.26. The minimum Gasteiger partial charge on any atom is -0.439 e. The molecule has 0 amide bonds. The van der Waals surface area contributed by atoms with Crippen molar-refractivity contribution in [2.75, 3.05) is 0 Å². The number of hydrogen-bond acceptors (Lipinski definition) is 5. The highest BCUT2D eigenvalue weighted by molar-refractivity contribution is 9.10. The molecular formula is C19H10BrFN2O3. The predicted octanol–water partition coefficient (Wildman–Crippen LogP) is 3.91.